The maximum atomic E-state index is 12.3. The van der Waals surface area contributed by atoms with Crippen molar-refractivity contribution >= 4 is 12.2 Å². The van der Waals surface area contributed by atoms with Gasteiger partial charge in [0.05, 0.1) is 0 Å². The highest BCUT2D eigenvalue weighted by atomic mass is 16.1. The monoisotopic (exact) mass is 239 g/mol. The second-order valence-electron chi connectivity index (χ2n) is 3.86. The van der Waals surface area contributed by atoms with Gasteiger partial charge in [-0.05, 0) is 5.56 Å². The second kappa shape index (κ2) is 5.77. The van der Waals surface area contributed by atoms with E-state index in [0.29, 0.717) is 12.0 Å². The Labute approximate surface area is 105 Å². The van der Waals surface area contributed by atoms with Crippen LogP contribution in [0.4, 0.5) is 0 Å². The smallest absolute Gasteiger partial charge is 0.207 e. The molecule has 1 amide bonds. The van der Waals surface area contributed by atoms with E-state index in [0.717, 1.165) is 5.56 Å². The molecule has 0 bridgehead atoms. The molecule has 2 rings (SSSR count). The Morgan fingerprint density at radius 2 is 1.50 bits per heavy atom. The standard InChI is InChI=1S/C15H13NO2/c17-11-16-14(12-7-3-1-4-8-12)15(18)13-9-5-2-6-10-13/h1-11,14H,(H,16,17)/t14-/m1/s1. The number of carbonyl (C=O) groups is 2. The summed E-state index contributed by atoms with van der Waals surface area (Å²) >= 11 is 0. The van der Waals surface area contributed by atoms with E-state index in [-0.39, 0.29) is 5.78 Å². The number of Topliss-reactive ketones (excluding diaryl/α,β-unsaturated/α-hetero) is 1. The summed E-state index contributed by atoms with van der Waals surface area (Å²) in [4.78, 5) is 23.0. The third-order valence-electron chi connectivity index (χ3n) is 2.69. The topological polar surface area (TPSA) is 46.2 Å². The Morgan fingerprint density at radius 1 is 0.944 bits per heavy atom. The van der Waals surface area contributed by atoms with Gasteiger partial charge in [0.1, 0.15) is 6.04 Å². The van der Waals surface area contributed by atoms with E-state index in [4.69, 9.17) is 0 Å². The van der Waals surface area contributed by atoms with Crippen LogP contribution < -0.4 is 5.32 Å². The highest BCUT2D eigenvalue weighted by Crippen LogP contribution is 2.17. The molecule has 0 unspecified atom stereocenters. The van der Waals surface area contributed by atoms with Crippen molar-refractivity contribution in [2.75, 3.05) is 0 Å². The van der Waals surface area contributed by atoms with Gasteiger partial charge in [0.25, 0.3) is 0 Å². The molecular formula is C15H13NO2. The minimum atomic E-state index is -0.633. The first-order valence-electron chi connectivity index (χ1n) is 5.67. The summed E-state index contributed by atoms with van der Waals surface area (Å²) in [5.41, 5.74) is 1.36. The zero-order chi connectivity index (χ0) is 12.8. The molecule has 3 heteroatoms. The number of hydrogen-bond donors (Lipinski definition) is 1. The fourth-order valence-corrected chi connectivity index (χ4v) is 1.81. The first-order chi connectivity index (χ1) is 8.83. The number of nitrogens with one attached hydrogen (secondary N) is 1. The summed E-state index contributed by atoms with van der Waals surface area (Å²) in [5.74, 6) is -0.117. The summed E-state index contributed by atoms with van der Waals surface area (Å²) in [6, 6.07) is 17.5. The molecule has 1 atom stereocenters. The number of ketones is 1. The molecule has 0 spiro atoms. The van der Waals surface area contributed by atoms with Gasteiger partial charge in [0, 0.05) is 5.56 Å². The predicted molar refractivity (Wildman–Crippen MR) is 69.2 cm³/mol. The van der Waals surface area contributed by atoms with Gasteiger partial charge in [-0.3, -0.25) is 9.59 Å². The molecule has 0 saturated carbocycles. The maximum Gasteiger partial charge on any atom is 0.207 e. The molecule has 0 radical (unpaired) electrons. The van der Waals surface area contributed by atoms with Crippen LogP contribution >= 0.6 is 0 Å². The van der Waals surface area contributed by atoms with Gasteiger partial charge in [-0.1, -0.05) is 60.7 Å². The summed E-state index contributed by atoms with van der Waals surface area (Å²) in [6.07, 6.45) is 0.554. The summed E-state index contributed by atoms with van der Waals surface area (Å²) in [5, 5.41) is 2.57. The summed E-state index contributed by atoms with van der Waals surface area (Å²) in [7, 11) is 0. The quantitative estimate of drug-likeness (QED) is 0.643. The third-order valence-corrected chi connectivity index (χ3v) is 2.69. The van der Waals surface area contributed by atoms with Crippen LogP contribution in [0.3, 0.4) is 0 Å². The van der Waals surface area contributed by atoms with Crippen molar-refractivity contribution in [1.29, 1.82) is 0 Å². The van der Waals surface area contributed by atoms with E-state index in [9.17, 15) is 9.59 Å². The molecule has 0 aliphatic rings. The molecule has 2 aromatic rings. The van der Waals surface area contributed by atoms with Gasteiger partial charge in [0.15, 0.2) is 5.78 Å². The van der Waals surface area contributed by atoms with Crippen LogP contribution in [0.25, 0.3) is 0 Å². The SMILES string of the molecule is O=CN[C@@H](C(=O)c1ccccc1)c1ccccc1. The van der Waals surface area contributed by atoms with Gasteiger partial charge in [-0.25, -0.2) is 0 Å². The second-order valence-corrected chi connectivity index (χ2v) is 3.86. The minimum absolute atomic E-state index is 0.117. The molecule has 0 aliphatic heterocycles. The Hall–Kier alpha value is -2.42. The number of carbonyl (C=O) groups excluding carboxylic acids is 2. The van der Waals surface area contributed by atoms with Crippen LogP contribution in [-0.2, 0) is 4.79 Å². The molecule has 0 saturated heterocycles. The van der Waals surface area contributed by atoms with Crippen molar-refractivity contribution in [2.24, 2.45) is 0 Å². The molecular weight excluding hydrogens is 226 g/mol. The van der Waals surface area contributed by atoms with E-state index >= 15 is 0 Å². The van der Waals surface area contributed by atoms with E-state index in [1.165, 1.54) is 0 Å². The normalized spacial score (nSPS) is 11.6. The lowest BCUT2D eigenvalue weighted by Crippen LogP contribution is -2.27. The average molecular weight is 239 g/mol. The zero-order valence-corrected chi connectivity index (χ0v) is 9.74. The highest BCUT2D eigenvalue weighted by Gasteiger charge is 2.20. The molecule has 18 heavy (non-hydrogen) atoms. The number of rotatable bonds is 5. The molecule has 1 N–H and O–H groups in total. The first-order valence-corrected chi connectivity index (χ1v) is 5.67. The van der Waals surface area contributed by atoms with Crippen LogP contribution in [-0.4, -0.2) is 12.2 Å². The fraction of sp³-hybridized carbons (Fsp3) is 0.0667. The van der Waals surface area contributed by atoms with Gasteiger partial charge < -0.3 is 5.32 Å². The van der Waals surface area contributed by atoms with E-state index < -0.39 is 6.04 Å². The Morgan fingerprint density at radius 3 is 2.06 bits per heavy atom. The summed E-state index contributed by atoms with van der Waals surface area (Å²) < 4.78 is 0. The number of amides is 1. The maximum absolute atomic E-state index is 12.3. The molecule has 0 heterocycles. The lowest BCUT2D eigenvalue weighted by molar-refractivity contribution is -0.110. The number of hydrogen-bond acceptors (Lipinski definition) is 2. The van der Waals surface area contributed by atoms with Crippen LogP contribution in [0.1, 0.15) is 22.0 Å². The summed E-state index contributed by atoms with van der Waals surface area (Å²) in [6.45, 7) is 0. The molecule has 3 nitrogen and oxygen atoms in total. The van der Waals surface area contributed by atoms with Crippen molar-refractivity contribution in [3.05, 3.63) is 71.8 Å². The highest BCUT2D eigenvalue weighted by molar-refractivity contribution is 6.01. The van der Waals surface area contributed by atoms with Crippen LogP contribution in [0, 0.1) is 0 Å². The molecule has 0 aliphatic carbocycles. The molecule has 0 fully saturated rings. The van der Waals surface area contributed by atoms with Crippen LogP contribution in [0.5, 0.6) is 0 Å². The van der Waals surface area contributed by atoms with Gasteiger partial charge in [-0.2, -0.15) is 0 Å². The Bertz CT molecular complexity index is 523. The molecule has 2 aromatic carbocycles. The van der Waals surface area contributed by atoms with Crippen molar-refractivity contribution in [3.63, 3.8) is 0 Å². The van der Waals surface area contributed by atoms with Crippen molar-refractivity contribution in [1.82, 2.24) is 5.32 Å². The van der Waals surface area contributed by atoms with E-state index in [2.05, 4.69) is 5.32 Å². The average Bonchev–Trinajstić information content (AvgIpc) is 2.46. The van der Waals surface area contributed by atoms with Gasteiger partial charge >= 0.3 is 0 Å². The van der Waals surface area contributed by atoms with Crippen molar-refractivity contribution in [2.45, 2.75) is 6.04 Å². The largest absolute Gasteiger partial charge is 0.344 e. The van der Waals surface area contributed by atoms with E-state index in [1.54, 1.807) is 24.3 Å². The zero-order valence-electron chi connectivity index (χ0n) is 9.74. The third kappa shape index (κ3) is 2.63. The first kappa shape index (κ1) is 12.0. The van der Waals surface area contributed by atoms with Crippen molar-refractivity contribution < 1.29 is 9.59 Å². The van der Waals surface area contributed by atoms with Crippen LogP contribution in [0.15, 0.2) is 60.7 Å². The Balaban J connectivity index is 2.32. The number of benzene rings is 2. The van der Waals surface area contributed by atoms with Gasteiger partial charge in [-0.15, -0.1) is 0 Å². The fourth-order valence-electron chi connectivity index (χ4n) is 1.81. The lowest BCUT2D eigenvalue weighted by atomic mass is 9.98. The van der Waals surface area contributed by atoms with Crippen molar-refractivity contribution in [3.8, 4) is 0 Å². The van der Waals surface area contributed by atoms with E-state index in [1.807, 2.05) is 36.4 Å². The molecule has 0 aromatic heterocycles. The molecule has 90 valence electrons. The van der Waals surface area contributed by atoms with Crippen LogP contribution in [0.2, 0.25) is 0 Å². The minimum Gasteiger partial charge on any atom is -0.344 e. The van der Waals surface area contributed by atoms with Gasteiger partial charge in [0.2, 0.25) is 6.41 Å². The lowest BCUT2D eigenvalue weighted by Gasteiger charge is -2.15. The predicted octanol–water partition coefficient (Wildman–Crippen LogP) is 2.36. The Kier molecular flexibility index (Phi) is 3.86.